The Morgan fingerprint density at radius 3 is 2.89 bits per heavy atom. The summed E-state index contributed by atoms with van der Waals surface area (Å²) in [4.78, 5) is 0. The Kier molecular flexibility index (Phi) is 2.78. The Bertz CT molecular complexity index is 580. The monoisotopic (exact) mass is 244 g/mol. The molecule has 0 saturated carbocycles. The van der Waals surface area contributed by atoms with Crippen LogP contribution in [0.3, 0.4) is 0 Å². The van der Waals surface area contributed by atoms with E-state index in [0.29, 0.717) is 11.8 Å². The third kappa shape index (κ3) is 1.62. The number of para-hydroxylation sites is 1. The van der Waals surface area contributed by atoms with Crippen LogP contribution >= 0.6 is 0 Å². The van der Waals surface area contributed by atoms with Gasteiger partial charge in [0.05, 0.1) is 5.52 Å². The molecule has 0 bridgehead atoms. The second kappa shape index (κ2) is 4.32. The molecule has 2 aromatic rings. The number of hydrogen-bond acceptors (Lipinski definition) is 2. The number of benzene rings is 1. The number of rotatable bonds is 1. The van der Waals surface area contributed by atoms with E-state index in [9.17, 15) is 5.11 Å². The zero-order valence-electron chi connectivity index (χ0n) is 11.0. The van der Waals surface area contributed by atoms with E-state index in [4.69, 9.17) is 0 Å². The van der Waals surface area contributed by atoms with Gasteiger partial charge in [0.1, 0.15) is 5.75 Å². The number of phenolic OH excluding ortho intramolecular Hbond substituents is 1. The lowest BCUT2D eigenvalue weighted by Crippen LogP contribution is -2.27. The number of aryl methyl sites for hydroxylation is 1. The van der Waals surface area contributed by atoms with Crippen LogP contribution in [0.25, 0.3) is 10.9 Å². The van der Waals surface area contributed by atoms with Crippen LogP contribution < -0.4 is 5.32 Å². The first-order valence-electron chi connectivity index (χ1n) is 6.70. The van der Waals surface area contributed by atoms with Crippen molar-refractivity contribution in [3.63, 3.8) is 0 Å². The lowest BCUT2D eigenvalue weighted by molar-refractivity contribution is 0.412. The summed E-state index contributed by atoms with van der Waals surface area (Å²) in [6.45, 7) is 3.24. The van der Waals surface area contributed by atoms with Gasteiger partial charge in [0.25, 0.3) is 0 Å². The number of phenols is 1. The van der Waals surface area contributed by atoms with Gasteiger partial charge in [-0.3, -0.25) is 0 Å². The van der Waals surface area contributed by atoms with Gasteiger partial charge in [0, 0.05) is 24.2 Å². The number of aromatic nitrogens is 1. The zero-order chi connectivity index (χ0) is 12.7. The molecule has 1 aromatic heterocycles. The maximum absolute atomic E-state index is 10.0. The van der Waals surface area contributed by atoms with Crippen molar-refractivity contribution in [2.24, 2.45) is 7.05 Å². The lowest BCUT2D eigenvalue weighted by Gasteiger charge is -2.24. The molecule has 1 unspecified atom stereocenters. The fourth-order valence-corrected chi connectivity index (χ4v) is 3.18. The average Bonchev–Trinajstić information content (AvgIpc) is 2.64. The van der Waals surface area contributed by atoms with Crippen molar-refractivity contribution in [3.8, 4) is 5.75 Å². The molecule has 0 aliphatic carbocycles. The highest BCUT2D eigenvalue weighted by Gasteiger charge is 2.23. The summed E-state index contributed by atoms with van der Waals surface area (Å²) in [6, 6.07) is 6.25. The van der Waals surface area contributed by atoms with Crippen LogP contribution in [0.2, 0.25) is 0 Å². The number of fused-ring (bicyclic) bond motifs is 1. The summed E-state index contributed by atoms with van der Waals surface area (Å²) in [6.07, 6.45) is 3.74. The van der Waals surface area contributed by atoms with Crippen LogP contribution in [0.15, 0.2) is 18.2 Å². The van der Waals surface area contributed by atoms with Crippen LogP contribution in [-0.2, 0) is 7.05 Å². The van der Waals surface area contributed by atoms with Crippen LogP contribution in [-0.4, -0.2) is 16.2 Å². The Morgan fingerprint density at radius 2 is 2.17 bits per heavy atom. The molecule has 3 nitrogen and oxygen atoms in total. The summed E-state index contributed by atoms with van der Waals surface area (Å²) in [5.41, 5.74) is 3.58. The molecule has 1 saturated heterocycles. The second-order valence-electron chi connectivity index (χ2n) is 5.23. The van der Waals surface area contributed by atoms with Crippen molar-refractivity contribution in [1.82, 2.24) is 9.88 Å². The molecule has 1 atom stereocenters. The van der Waals surface area contributed by atoms with Gasteiger partial charge in [-0.1, -0.05) is 18.6 Å². The van der Waals surface area contributed by atoms with Crippen LogP contribution in [0.5, 0.6) is 5.75 Å². The average molecular weight is 244 g/mol. The Morgan fingerprint density at radius 1 is 1.33 bits per heavy atom. The van der Waals surface area contributed by atoms with Crippen LogP contribution in [0.1, 0.15) is 36.6 Å². The first kappa shape index (κ1) is 11.6. The minimum Gasteiger partial charge on any atom is -0.506 e. The van der Waals surface area contributed by atoms with Gasteiger partial charge >= 0.3 is 0 Å². The van der Waals surface area contributed by atoms with E-state index >= 15 is 0 Å². The normalized spacial score (nSPS) is 20.4. The summed E-state index contributed by atoms with van der Waals surface area (Å²) in [5.74, 6) is 0.375. The Labute approximate surface area is 107 Å². The second-order valence-corrected chi connectivity index (χ2v) is 5.23. The molecule has 3 heteroatoms. The zero-order valence-corrected chi connectivity index (χ0v) is 11.0. The van der Waals surface area contributed by atoms with Gasteiger partial charge in [-0.2, -0.15) is 0 Å². The topological polar surface area (TPSA) is 37.2 Å². The smallest absolute Gasteiger partial charge is 0.139 e. The Balaban J connectivity index is 2.22. The van der Waals surface area contributed by atoms with Crippen molar-refractivity contribution >= 4 is 10.9 Å². The number of aromatic hydroxyl groups is 1. The third-order valence-corrected chi connectivity index (χ3v) is 4.19. The molecule has 1 aliphatic heterocycles. The summed E-state index contributed by atoms with van der Waals surface area (Å²) < 4.78 is 2.11. The van der Waals surface area contributed by atoms with E-state index in [2.05, 4.69) is 22.9 Å². The molecular formula is C15H20N2O. The van der Waals surface area contributed by atoms with Crippen molar-refractivity contribution in [3.05, 3.63) is 29.5 Å². The maximum Gasteiger partial charge on any atom is 0.139 e. The van der Waals surface area contributed by atoms with Gasteiger partial charge in [-0.25, -0.2) is 0 Å². The predicted octanol–water partition coefficient (Wildman–Crippen LogP) is 3.01. The van der Waals surface area contributed by atoms with E-state index < -0.39 is 0 Å². The van der Waals surface area contributed by atoms with Crippen molar-refractivity contribution < 1.29 is 5.11 Å². The molecule has 2 heterocycles. The predicted molar refractivity (Wildman–Crippen MR) is 73.9 cm³/mol. The minimum absolute atomic E-state index is 0.375. The highest BCUT2D eigenvalue weighted by atomic mass is 16.3. The molecule has 1 aromatic carbocycles. The van der Waals surface area contributed by atoms with E-state index in [0.717, 1.165) is 12.1 Å². The first-order chi connectivity index (χ1) is 8.70. The summed E-state index contributed by atoms with van der Waals surface area (Å²) in [5, 5.41) is 14.8. The van der Waals surface area contributed by atoms with Gasteiger partial charge in [0.2, 0.25) is 0 Å². The molecule has 1 aliphatic rings. The molecule has 1 fully saturated rings. The quantitative estimate of drug-likeness (QED) is 0.809. The number of nitrogens with one attached hydrogen (secondary N) is 1. The SMILES string of the molecule is Cc1c(C2CCCCN2)c2cccc(O)c2n1C. The largest absolute Gasteiger partial charge is 0.506 e. The standard InChI is InChI=1S/C15H20N2O/c1-10-14(12-7-3-4-9-16-12)11-6-5-8-13(18)15(11)17(10)2/h5-6,8,12,16,18H,3-4,7,9H2,1-2H3. The van der Waals surface area contributed by atoms with Crippen molar-refractivity contribution in [1.29, 1.82) is 0 Å². The van der Waals surface area contributed by atoms with Crippen LogP contribution in [0.4, 0.5) is 0 Å². The van der Waals surface area contributed by atoms with E-state index in [-0.39, 0.29) is 0 Å². The fourth-order valence-electron chi connectivity index (χ4n) is 3.18. The number of hydrogen-bond donors (Lipinski definition) is 2. The molecular weight excluding hydrogens is 224 g/mol. The lowest BCUT2D eigenvalue weighted by atomic mass is 9.95. The molecule has 18 heavy (non-hydrogen) atoms. The summed E-state index contributed by atoms with van der Waals surface area (Å²) >= 11 is 0. The van der Waals surface area contributed by atoms with E-state index in [1.807, 2.05) is 13.1 Å². The molecule has 0 radical (unpaired) electrons. The fraction of sp³-hybridized carbons (Fsp3) is 0.467. The summed E-state index contributed by atoms with van der Waals surface area (Å²) in [7, 11) is 2.03. The van der Waals surface area contributed by atoms with Crippen molar-refractivity contribution in [2.45, 2.75) is 32.2 Å². The molecule has 0 amide bonds. The molecule has 2 N–H and O–H groups in total. The van der Waals surface area contributed by atoms with Gasteiger partial charge < -0.3 is 15.0 Å². The highest BCUT2D eigenvalue weighted by Crippen LogP contribution is 2.37. The number of piperidine rings is 1. The highest BCUT2D eigenvalue weighted by molar-refractivity contribution is 5.90. The molecule has 0 spiro atoms. The third-order valence-electron chi connectivity index (χ3n) is 4.19. The molecule has 3 rings (SSSR count). The maximum atomic E-state index is 10.0. The van der Waals surface area contributed by atoms with Gasteiger partial charge in [-0.05, 0) is 37.9 Å². The number of nitrogens with zero attached hydrogens (tertiary/aromatic N) is 1. The van der Waals surface area contributed by atoms with E-state index in [1.165, 1.54) is 35.9 Å². The molecule has 96 valence electrons. The van der Waals surface area contributed by atoms with Gasteiger partial charge in [0.15, 0.2) is 0 Å². The van der Waals surface area contributed by atoms with Crippen molar-refractivity contribution in [2.75, 3.05) is 6.54 Å². The minimum atomic E-state index is 0.375. The van der Waals surface area contributed by atoms with E-state index in [1.54, 1.807) is 6.07 Å². The Hall–Kier alpha value is -1.48. The van der Waals surface area contributed by atoms with Crippen LogP contribution in [0, 0.1) is 6.92 Å². The van der Waals surface area contributed by atoms with Gasteiger partial charge in [-0.15, -0.1) is 0 Å². The first-order valence-corrected chi connectivity index (χ1v) is 6.70.